The molecule has 0 heterocycles. The van der Waals surface area contributed by atoms with Gasteiger partial charge in [-0.2, -0.15) is 5.10 Å². The van der Waals surface area contributed by atoms with Gasteiger partial charge in [-0.25, -0.2) is 10.2 Å². The van der Waals surface area contributed by atoms with Gasteiger partial charge in [-0.15, -0.1) is 0 Å². The lowest BCUT2D eigenvalue weighted by Gasteiger charge is -2.18. The largest absolute Gasteiger partial charge is 0.493 e. The summed E-state index contributed by atoms with van der Waals surface area (Å²) in [4.78, 5) is 35.9. The van der Waals surface area contributed by atoms with Gasteiger partial charge in [0.2, 0.25) is 5.91 Å². The summed E-state index contributed by atoms with van der Waals surface area (Å²) in [6.45, 7) is -0.497. The second kappa shape index (κ2) is 12.5. The predicted molar refractivity (Wildman–Crippen MR) is 130 cm³/mol. The van der Waals surface area contributed by atoms with Crippen molar-refractivity contribution in [3.05, 3.63) is 95.6 Å². The lowest BCUT2D eigenvalue weighted by atomic mass is 10.0. The highest BCUT2D eigenvalue weighted by Crippen LogP contribution is 2.27. The third-order valence-electron chi connectivity index (χ3n) is 4.87. The summed E-state index contributed by atoms with van der Waals surface area (Å²) in [6.07, 6.45) is 1.40. The summed E-state index contributed by atoms with van der Waals surface area (Å²) in [5.74, 6) is -1.18. The topological polar surface area (TPSA) is 126 Å². The van der Waals surface area contributed by atoms with Gasteiger partial charge in [0.05, 0.1) is 25.8 Å². The number of carboxylic acid groups (broad SMARTS) is 1. The molecule has 0 aliphatic rings. The van der Waals surface area contributed by atoms with Crippen LogP contribution in [0.15, 0.2) is 84.0 Å². The molecule has 0 saturated heterocycles. The molecule has 0 aliphatic carbocycles. The van der Waals surface area contributed by atoms with Crippen molar-refractivity contribution in [2.75, 3.05) is 13.7 Å². The number of rotatable bonds is 11. The summed E-state index contributed by atoms with van der Waals surface area (Å²) in [5, 5.41) is 15.6. The van der Waals surface area contributed by atoms with Crippen molar-refractivity contribution in [2.45, 2.75) is 12.5 Å². The fraction of sp³-hybridized carbons (Fsp3) is 0.154. The molecule has 0 fully saturated rings. The average Bonchev–Trinajstić information content (AvgIpc) is 2.88. The van der Waals surface area contributed by atoms with Gasteiger partial charge in [0, 0.05) is 5.56 Å². The van der Waals surface area contributed by atoms with Crippen molar-refractivity contribution >= 4 is 24.0 Å². The van der Waals surface area contributed by atoms with Gasteiger partial charge in [-0.1, -0.05) is 48.5 Å². The van der Waals surface area contributed by atoms with Crippen molar-refractivity contribution in [3.8, 4) is 11.5 Å². The van der Waals surface area contributed by atoms with E-state index >= 15 is 0 Å². The predicted octanol–water partition coefficient (Wildman–Crippen LogP) is 3.17. The van der Waals surface area contributed by atoms with Crippen LogP contribution in [0.5, 0.6) is 11.5 Å². The number of amides is 2. The van der Waals surface area contributed by atoms with Crippen molar-refractivity contribution in [3.63, 3.8) is 0 Å². The minimum absolute atomic E-state index is 0.0226. The molecule has 180 valence electrons. The number of carboxylic acids is 1. The van der Waals surface area contributed by atoms with E-state index in [2.05, 4.69) is 15.8 Å². The molecule has 0 aromatic heterocycles. The first-order valence-corrected chi connectivity index (χ1v) is 10.7. The standard InChI is InChI=1S/C26H25N3O6/c1-34-23-14-18(12-13-22(23)35-17-25(31)32)16-27-29-24(30)15-21(19-8-4-2-5-9-19)28-26(33)20-10-6-3-7-11-20/h2-14,16,21H,15,17H2,1H3,(H,28,33)(H,29,30)(H,31,32)/b27-16-/t21-/m0/s1. The number of nitrogens with zero attached hydrogens (tertiary/aromatic N) is 1. The van der Waals surface area contributed by atoms with Crippen LogP contribution in [0.3, 0.4) is 0 Å². The molecule has 1 atom stereocenters. The molecule has 0 spiro atoms. The quantitative estimate of drug-likeness (QED) is 0.289. The number of carbonyl (C=O) groups excluding carboxylic acids is 2. The van der Waals surface area contributed by atoms with E-state index in [0.717, 1.165) is 5.56 Å². The fourth-order valence-corrected chi connectivity index (χ4v) is 3.20. The molecule has 0 radical (unpaired) electrons. The lowest BCUT2D eigenvalue weighted by Crippen LogP contribution is -2.32. The van der Waals surface area contributed by atoms with E-state index in [4.69, 9.17) is 14.6 Å². The van der Waals surface area contributed by atoms with Crippen LogP contribution in [0, 0.1) is 0 Å². The Hall–Kier alpha value is -4.66. The van der Waals surface area contributed by atoms with Crippen LogP contribution >= 0.6 is 0 Å². The number of hydrazone groups is 1. The first-order valence-electron chi connectivity index (χ1n) is 10.7. The average molecular weight is 476 g/mol. The van der Waals surface area contributed by atoms with Crippen molar-refractivity contribution in [2.24, 2.45) is 5.10 Å². The molecule has 2 amide bonds. The maximum atomic E-state index is 12.7. The number of aliphatic carboxylic acids is 1. The Labute approximate surface area is 202 Å². The Kier molecular flexibility index (Phi) is 8.95. The Morgan fingerprint density at radius 2 is 1.66 bits per heavy atom. The molecule has 0 unspecified atom stereocenters. The number of carbonyl (C=O) groups is 3. The van der Waals surface area contributed by atoms with E-state index in [1.54, 1.807) is 42.5 Å². The second-order valence-corrected chi connectivity index (χ2v) is 7.39. The van der Waals surface area contributed by atoms with Crippen LogP contribution in [-0.4, -0.2) is 42.8 Å². The van der Waals surface area contributed by atoms with Gasteiger partial charge >= 0.3 is 5.97 Å². The van der Waals surface area contributed by atoms with Crippen LogP contribution in [0.4, 0.5) is 0 Å². The van der Waals surface area contributed by atoms with E-state index in [1.165, 1.54) is 13.3 Å². The van der Waals surface area contributed by atoms with E-state index in [0.29, 0.717) is 16.9 Å². The lowest BCUT2D eigenvalue weighted by molar-refractivity contribution is -0.139. The molecule has 0 saturated carbocycles. The number of benzene rings is 3. The summed E-state index contributed by atoms with van der Waals surface area (Å²) < 4.78 is 10.4. The zero-order valence-corrected chi connectivity index (χ0v) is 19.0. The van der Waals surface area contributed by atoms with E-state index < -0.39 is 24.5 Å². The van der Waals surface area contributed by atoms with Crippen LogP contribution in [0.25, 0.3) is 0 Å². The first-order chi connectivity index (χ1) is 17.0. The van der Waals surface area contributed by atoms with Gasteiger partial charge < -0.3 is 19.9 Å². The van der Waals surface area contributed by atoms with Crippen LogP contribution in [0.2, 0.25) is 0 Å². The monoisotopic (exact) mass is 475 g/mol. The zero-order valence-electron chi connectivity index (χ0n) is 19.0. The van der Waals surface area contributed by atoms with Crippen molar-refractivity contribution < 1.29 is 29.0 Å². The van der Waals surface area contributed by atoms with Gasteiger partial charge in [-0.3, -0.25) is 9.59 Å². The highest BCUT2D eigenvalue weighted by atomic mass is 16.5. The maximum Gasteiger partial charge on any atom is 0.341 e. The fourth-order valence-electron chi connectivity index (χ4n) is 3.20. The summed E-state index contributed by atoms with van der Waals surface area (Å²) in [5.41, 5.74) is 4.35. The summed E-state index contributed by atoms with van der Waals surface area (Å²) in [7, 11) is 1.43. The molecule has 0 bridgehead atoms. The Bertz CT molecular complexity index is 1180. The van der Waals surface area contributed by atoms with Crippen LogP contribution in [0.1, 0.15) is 33.9 Å². The molecule has 35 heavy (non-hydrogen) atoms. The molecular weight excluding hydrogens is 450 g/mol. The first kappa shape index (κ1) is 25.0. The minimum Gasteiger partial charge on any atom is -0.493 e. The highest BCUT2D eigenvalue weighted by Gasteiger charge is 2.19. The molecule has 3 aromatic carbocycles. The van der Waals surface area contributed by atoms with Gasteiger partial charge in [0.15, 0.2) is 18.1 Å². The second-order valence-electron chi connectivity index (χ2n) is 7.39. The Morgan fingerprint density at radius 3 is 2.31 bits per heavy atom. The third kappa shape index (κ3) is 7.71. The van der Waals surface area contributed by atoms with E-state index in [9.17, 15) is 14.4 Å². The zero-order chi connectivity index (χ0) is 25.0. The van der Waals surface area contributed by atoms with Crippen molar-refractivity contribution in [1.82, 2.24) is 10.7 Å². The highest BCUT2D eigenvalue weighted by molar-refractivity contribution is 5.94. The normalized spacial score (nSPS) is 11.5. The summed E-state index contributed by atoms with van der Waals surface area (Å²) in [6, 6.07) is 22.2. The maximum absolute atomic E-state index is 12.7. The molecule has 0 aliphatic heterocycles. The Balaban J connectivity index is 1.64. The molecule has 9 heteroatoms. The molecule has 9 nitrogen and oxygen atoms in total. The molecular formula is C26H25N3O6. The number of methoxy groups -OCH3 is 1. The Morgan fingerprint density at radius 1 is 0.971 bits per heavy atom. The van der Waals surface area contributed by atoms with Gasteiger partial charge in [0.25, 0.3) is 5.91 Å². The number of nitrogens with one attached hydrogen (secondary N) is 2. The van der Waals surface area contributed by atoms with Gasteiger partial charge in [0.1, 0.15) is 0 Å². The van der Waals surface area contributed by atoms with E-state index in [1.807, 2.05) is 36.4 Å². The number of ether oxygens (including phenoxy) is 2. The minimum atomic E-state index is -1.10. The van der Waals surface area contributed by atoms with Crippen LogP contribution in [-0.2, 0) is 9.59 Å². The molecule has 3 rings (SSSR count). The molecule has 3 N–H and O–H groups in total. The third-order valence-corrected chi connectivity index (χ3v) is 4.87. The number of hydrogen-bond acceptors (Lipinski definition) is 6. The van der Waals surface area contributed by atoms with Crippen molar-refractivity contribution in [1.29, 1.82) is 0 Å². The summed E-state index contributed by atoms with van der Waals surface area (Å²) >= 11 is 0. The van der Waals surface area contributed by atoms with Crippen LogP contribution < -0.4 is 20.2 Å². The smallest absolute Gasteiger partial charge is 0.341 e. The van der Waals surface area contributed by atoms with E-state index in [-0.39, 0.29) is 18.1 Å². The SMILES string of the molecule is COc1cc(/C=N\NC(=O)C[C@H](NC(=O)c2ccccc2)c2ccccc2)ccc1OCC(=O)O. The number of hydrogen-bond donors (Lipinski definition) is 3. The molecule has 3 aromatic rings. The van der Waals surface area contributed by atoms with Gasteiger partial charge in [-0.05, 0) is 41.5 Å².